The van der Waals surface area contributed by atoms with Crippen molar-refractivity contribution in [3.63, 3.8) is 0 Å². The molecule has 0 heterocycles. The van der Waals surface area contributed by atoms with Crippen LogP contribution in [0.5, 0.6) is 0 Å². The first-order valence-electron chi connectivity index (χ1n) is 31.1. The Morgan fingerprint density at radius 1 is 0.186 bits per heavy atom. The molecule has 0 heteroatoms. The lowest BCUT2D eigenvalue weighted by Gasteiger charge is -2.29. The normalized spacial score (nSPS) is 12.9. The maximum Gasteiger partial charge on any atom is -0.000718 e. The van der Waals surface area contributed by atoms with Crippen molar-refractivity contribution in [2.45, 2.75) is 105 Å². The van der Waals surface area contributed by atoms with E-state index < -0.39 is 0 Å². The highest BCUT2D eigenvalue weighted by Crippen LogP contribution is 2.65. The van der Waals surface area contributed by atoms with Crippen molar-refractivity contribution in [3.8, 4) is 111 Å². The summed E-state index contributed by atoms with van der Waals surface area (Å²) in [6.45, 7) is 28.5. The van der Waals surface area contributed by atoms with Crippen LogP contribution in [0, 0.1) is 0 Å². The van der Waals surface area contributed by atoms with Gasteiger partial charge >= 0.3 is 0 Å². The highest BCUT2D eigenvalue weighted by atomic mass is 14.4. The molecule has 13 aromatic rings. The van der Waals surface area contributed by atoms with Crippen LogP contribution in [-0.4, -0.2) is 0 Å². The lowest BCUT2D eigenvalue weighted by molar-refractivity contribution is 0.568. The molecule has 86 heavy (non-hydrogen) atoms. The monoisotopic (exact) mass is 1110 g/mol. The average Bonchev–Trinajstić information content (AvgIpc) is 1.50. The Hall–Kier alpha value is -9.10. The Morgan fingerprint density at radius 2 is 0.465 bits per heavy atom. The number of fused-ring (bicyclic) bond motifs is 9. The van der Waals surface area contributed by atoms with Crippen LogP contribution >= 0.6 is 0 Å². The van der Waals surface area contributed by atoms with Crippen molar-refractivity contribution < 1.29 is 0 Å². The van der Waals surface area contributed by atoms with Crippen LogP contribution in [0.25, 0.3) is 154 Å². The van der Waals surface area contributed by atoms with E-state index in [1.54, 1.807) is 0 Å². The van der Waals surface area contributed by atoms with Crippen LogP contribution in [0.2, 0.25) is 0 Å². The first kappa shape index (κ1) is 53.6. The topological polar surface area (TPSA) is 0 Å². The fourth-order valence-electron chi connectivity index (χ4n) is 14.6. The molecule has 0 saturated carbocycles. The van der Waals surface area contributed by atoms with Gasteiger partial charge in [0.1, 0.15) is 0 Å². The van der Waals surface area contributed by atoms with Crippen LogP contribution < -0.4 is 0 Å². The third-order valence-electron chi connectivity index (χ3n) is 19.1. The summed E-state index contributed by atoms with van der Waals surface area (Å²) in [4.78, 5) is 0. The lowest BCUT2D eigenvalue weighted by atomic mass is 9.75. The summed E-state index contributed by atoms with van der Waals surface area (Å²) in [5.74, 6) is 0. The summed E-state index contributed by atoms with van der Waals surface area (Å²) in [7, 11) is 0. The zero-order valence-electron chi connectivity index (χ0n) is 51.9. The third-order valence-corrected chi connectivity index (χ3v) is 19.1. The molecule has 0 fully saturated rings. The summed E-state index contributed by atoms with van der Waals surface area (Å²) >= 11 is 0. The molecule has 0 aromatic heterocycles. The van der Waals surface area contributed by atoms with E-state index in [-0.39, 0.29) is 21.7 Å². The van der Waals surface area contributed by atoms with E-state index in [9.17, 15) is 0 Å². The molecule has 0 bridgehead atoms. The summed E-state index contributed by atoms with van der Waals surface area (Å²) in [6, 6.07) is 89.0. The van der Waals surface area contributed by atoms with Gasteiger partial charge in [0, 0.05) is 0 Å². The summed E-state index contributed by atoms with van der Waals surface area (Å²) in [5.41, 5.74) is 30.6. The van der Waals surface area contributed by atoms with Crippen molar-refractivity contribution in [3.05, 3.63) is 253 Å². The molecule has 0 amide bonds. The van der Waals surface area contributed by atoms with Gasteiger partial charge in [0.25, 0.3) is 0 Å². The molecule has 0 nitrogen and oxygen atoms in total. The second kappa shape index (κ2) is 19.2. The maximum absolute atomic E-state index is 2.55. The molecular formula is C86H74. The van der Waals surface area contributed by atoms with Gasteiger partial charge in [0.2, 0.25) is 0 Å². The minimum atomic E-state index is -0.0904. The Balaban J connectivity index is 1.15. The zero-order valence-corrected chi connectivity index (χ0v) is 51.9. The van der Waals surface area contributed by atoms with Gasteiger partial charge in [-0.1, -0.05) is 301 Å². The standard InChI is InChI=1S/C86H74/c1-83(2,3)57-43-55(44-58(49-57)84(4,5)6)73-71-47-53-31-19-20-32-54(53)48-72(71)74(56-45-59(85(7,8)9)50-60(46-56)86(10,11)12)80-68-40-42-70-78-69(41-39-67(77(68)78)79(73)80)81-75(63-35-23-21-33-61(63)51-27-15-13-16-28-51)65-37-25-26-38-66(65)76(82(70)81)64-36-24-22-34-62(64)52-29-17-14-18-30-52/h13-50H,1-12H3. The van der Waals surface area contributed by atoms with Gasteiger partial charge in [-0.25, -0.2) is 0 Å². The fourth-order valence-corrected chi connectivity index (χ4v) is 14.6. The predicted molar refractivity (Wildman–Crippen MR) is 373 cm³/mol. The number of hydrogen-bond donors (Lipinski definition) is 0. The average molecular weight is 1110 g/mol. The van der Waals surface area contributed by atoms with E-state index >= 15 is 0 Å². The lowest BCUT2D eigenvalue weighted by Crippen LogP contribution is -2.17. The Labute approximate surface area is 508 Å². The smallest absolute Gasteiger partial charge is 0.000718 e. The first-order chi connectivity index (χ1) is 41.2. The van der Waals surface area contributed by atoms with Crippen molar-refractivity contribution in [1.82, 2.24) is 0 Å². The minimum Gasteiger partial charge on any atom is -0.0622 e. The third kappa shape index (κ3) is 8.38. The molecule has 0 unspecified atom stereocenters. The van der Waals surface area contributed by atoms with Gasteiger partial charge in [-0.3, -0.25) is 0 Å². The SMILES string of the molecule is CC(C)(C)c1cc(-c2c3c(c(-c4cc(C(C)(C)C)cc(C(C)(C)C)c4)c4cc5ccccc5cc24)-c2ccc4c5c(ccc-3c25)-c2c-4c(-c3ccccc3-c3ccccc3)c3ccccc3c2-c2ccccc2-c2ccccc2)cc(C(C)(C)C)c1. The van der Waals surface area contributed by atoms with E-state index in [2.05, 4.69) is 314 Å². The quantitative estimate of drug-likeness (QED) is 0.146. The Morgan fingerprint density at radius 3 is 0.791 bits per heavy atom. The molecule has 0 radical (unpaired) electrons. The Bertz CT molecular complexity index is 4600. The number of benzene rings is 13. The second-order valence-electron chi connectivity index (χ2n) is 28.8. The van der Waals surface area contributed by atoms with E-state index in [1.807, 2.05) is 0 Å². The van der Waals surface area contributed by atoms with Gasteiger partial charge in [-0.15, -0.1) is 0 Å². The molecule has 0 saturated heterocycles. The van der Waals surface area contributed by atoms with E-state index in [4.69, 9.17) is 0 Å². The molecule has 2 aliphatic rings. The second-order valence-corrected chi connectivity index (χ2v) is 28.8. The Kier molecular flexibility index (Phi) is 12.0. The predicted octanol–water partition coefficient (Wildman–Crippen LogP) is 24.8. The molecule has 0 atom stereocenters. The van der Waals surface area contributed by atoms with Gasteiger partial charge in [0.05, 0.1) is 0 Å². The van der Waals surface area contributed by atoms with Gasteiger partial charge in [0.15, 0.2) is 0 Å². The van der Waals surface area contributed by atoms with Crippen molar-refractivity contribution >= 4 is 43.1 Å². The van der Waals surface area contributed by atoms with Crippen molar-refractivity contribution in [1.29, 1.82) is 0 Å². The fraction of sp³-hybridized carbons (Fsp3) is 0.186. The van der Waals surface area contributed by atoms with Gasteiger partial charge in [-0.05, 0) is 210 Å². The molecule has 13 aromatic carbocycles. The largest absolute Gasteiger partial charge is 0.0622 e. The van der Waals surface area contributed by atoms with Crippen LogP contribution in [0.3, 0.4) is 0 Å². The van der Waals surface area contributed by atoms with E-state index in [1.165, 1.54) is 177 Å². The minimum absolute atomic E-state index is 0.0904. The first-order valence-corrected chi connectivity index (χ1v) is 31.1. The van der Waals surface area contributed by atoms with Crippen LogP contribution in [-0.2, 0) is 21.7 Å². The van der Waals surface area contributed by atoms with Crippen LogP contribution in [0.4, 0.5) is 0 Å². The van der Waals surface area contributed by atoms with Crippen molar-refractivity contribution in [2.24, 2.45) is 0 Å². The molecule has 0 N–H and O–H groups in total. The molecule has 0 spiro atoms. The van der Waals surface area contributed by atoms with E-state index in [0.717, 1.165) is 0 Å². The zero-order chi connectivity index (χ0) is 59.3. The molecular weight excluding hydrogens is 1030 g/mol. The van der Waals surface area contributed by atoms with Gasteiger partial charge in [-0.2, -0.15) is 0 Å². The summed E-state index contributed by atoms with van der Waals surface area (Å²) in [5, 5.41) is 10.3. The van der Waals surface area contributed by atoms with Crippen LogP contribution in [0.15, 0.2) is 231 Å². The van der Waals surface area contributed by atoms with E-state index in [0.29, 0.717) is 0 Å². The van der Waals surface area contributed by atoms with Crippen LogP contribution in [0.1, 0.15) is 105 Å². The number of hydrogen-bond acceptors (Lipinski definition) is 0. The van der Waals surface area contributed by atoms with Gasteiger partial charge < -0.3 is 0 Å². The highest BCUT2D eigenvalue weighted by molar-refractivity contribution is 6.36. The number of rotatable bonds is 6. The molecule has 418 valence electrons. The van der Waals surface area contributed by atoms with Crippen molar-refractivity contribution in [2.75, 3.05) is 0 Å². The highest BCUT2D eigenvalue weighted by Gasteiger charge is 2.39. The molecule has 0 aliphatic heterocycles. The summed E-state index contributed by atoms with van der Waals surface area (Å²) < 4.78 is 0. The summed E-state index contributed by atoms with van der Waals surface area (Å²) in [6.07, 6.45) is 0. The molecule has 15 rings (SSSR count). The maximum atomic E-state index is 2.55. The molecule has 2 aliphatic carbocycles.